The number of carbonyl (C=O) groups is 1. The van der Waals surface area contributed by atoms with Crippen molar-refractivity contribution in [2.45, 2.75) is 18.4 Å². The van der Waals surface area contributed by atoms with E-state index in [1.54, 1.807) is 19.2 Å². The molecule has 8 nitrogen and oxygen atoms in total. The molecular weight excluding hydrogens is 439 g/mol. The second kappa shape index (κ2) is 10.3. The molecule has 32 heavy (non-hydrogen) atoms. The lowest BCUT2D eigenvalue weighted by atomic mass is 10.1. The van der Waals surface area contributed by atoms with E-state index in [-0.39, 0.29) is 38.4 Å². The molecule has 10 heteroatoms. The van der Waals surface area contributed by atoms with Crippen LogP contribution in [-0.4, -0.2) is 70.6 Å². The monoisotopic (exact) mass is 466 g/mol. The Morgan fingerprint density at radius 3 is 2.53 bits per heavy atom. The molecule has 1 aliphatic rings. The summed E-state index contributed by atoms with van der Waals surface area (Å²) >= 11 is 0. The van der Waals surface area contributed by atoms with E-state index in [4.69, 9.17) is 14.2 Å². The smallest absolute Gasteiger partial charge is 0.253 e. The summed E-state index contributed by atoms with van der Waals surface area (Å²) in [5.41, 5.74) is 0.878. The molecule has 2 aromatic rings. The van der Waals surface area contributed by atoms with Gasteiger partial charge in [-0.1, -0.05) is 6.07 Å². The number of amides is 1. The molecule has 2 aromatic carbocycles. The van der Waals surface area contributed by atoms with Gasteiger partial charge in [0.15, 0.2) is 11.5 Å². The number of carbonyl (C=O) groups excluding carboxylic acids is 1. The summed E-state index contributed by atoms with van der Waals surface area (Å²) in [6.45, 7) is 3.37. The summed E-state index contributed by atoms with van der Waals surface area (Å²) in [6, 6.07) is 8.74. The third-order valence-electron chi connectivity index (χ3n) is 5.06. The van der Waals surface area contributed by atoms with E-state index in [0.717, 1.165) is 17.7 Å². The van der Waals surface area contributed by atoms with Crippen molar-refractivity contribution >= 4 is 15.9 Å². The van der Waals surface area contributed by atoms with Crippen LogP contribution in [0.1, 0.15) is 22.8 Å². The van der Waals surface area contributed by atoms with Crippen molar-refractivity contribution in [3.05, 3.63) is 53.3 Å². The van der Waals surface area contributed by atoms with Gasteiger partial charge in [0.1, 0.15) is 10.7 Å². The number of morpholine rings is 1. The summed E-state index contributed by atoms with van der Waals surface area (Å²) < 4.78 is 57.4. The average molecular weight is 467 g/mol. The zero-order valence-corrected chi connectivity index (χ0v) is 19.2. The largest absolute Gasteiger partial charge is 0.493 e. The third kappa shape index (κ3) is 5.20. The molecule has 0 aliphatic carbocycles. The average Bonchev–Trinajstić information content (AvgIpc) is 2.80. The highest BCUT2D eigenvalue weighted by Crippen LogP contribution is 2.29. The van der Waals surface area contributed by atoms with Gasteiger partial charge in [-0.2, -0.15) is 4.31 Å². The van der Waals surface area contributed by atoms with Gasteiger partial charge in [-0.25, -0.2) is 12.8 Å². The number of methoxy groups -OCH3 is 1. The van der Waals surface area contributed by atoms with Crippen molar-refractivity contribution < 1.29 is 31.8 Å². The molecule has 3 rings (SSSR count). The fraction of sp³-hybridized carbons (Fsp3) is 0.409. The van der Waals surface area contributed by atoms with Crippen molar-refractivity contribution in [2.24, 2.45) is 0 Å². The molecule has 0 bridgehead atoms. The molecule has 174 valence electrons. The minimum atomic E-state index is -4.08. The Labute approximate surface area is 187 Å². The lowest BCUT2D eigenvalue weighted by Gasteiger charge is -2.26. The van der Waals surface area contributed by atoms with Crippen molar-refractivity contribution in [2.75, 3.05) is 47.1 Å². The number of hydrogen-bond donors (Lipinski definition) is 0. The van der Waals surface area contributed by atoms with Gasteiger partial charge in [0, 0.05) is 32.2 Å². The highest BCUT2D eigenvalue weighted by molar-refractivity contribution is 7.89. The Balaban J connectivity index is 1.81. The van der Waals surface area contributed by atoms with Gasteiger partial charge >= 0.3 is 0 Å². The lowest BCUT2D eigenvalue weighted by molar-refractivity contribution is 0.0729. The molecule has 1 fully saturated rings. The molecule has 0 unspecified atom stereocenters. The number of halogens is 1. The van der Waals surface area contributed by atoms with E-state index in [2.05, 4.69) is 0 Å². The van der Waals surface area contributed by atoms with Gasteiger partial charge in [0.05, 0.1) is 26.9 Å². The number of sulfonamides is 1. The van der Waals surface area contributed by atoms with E-state index < -0.39 is 26.6 Å². The van der Waals surface area contributed by atoms with Gasteiger partial charge in [-0.3, -0.25) is 4.79 Å². The molecule has 1 saturated heterocycles. The van der Waals surface area contributed by atoms with Gasteiger partial charge in [-0.15, -0.1) is 0 Å². The van der Waals surface area contributed by atoms with Gasteiger partial charge in [0.25, 0.3) is 5.91 Å². The lowest BCUT2D eigenvalue weighted by Crippen LogP contribution is -2.41. The zero-order chi connectivity index (χ0) is 23.3. The van der Waals surface area contributed by atoms with E-state index in [1.807, 2.05) is 13.0 Å². The van der Waals surface area contributed by atoms with E-state index in [0.29, 0.717) is 18.1 Å². The van der Waals surface area contributed by atoms with Gasteiger partial charge in [-0.05, 0) is 42.8 Å². The van der Waals surface area contributed by atoms with Crippen LogP contribution >= 0.6 is 0 Å². The molecular formula is C22H27FN2O6S. The summed E-state index contributed by atoms with van der Waals surface area (Å²) in [6.07, 6.45) is 0. The highest BCUT2D eigenvalue weighted by atomic mass is 32.2. The normalized spacial score (nSPS) is 14.8. The Morgan fingerprint density at radius 2 is 1.88 bits per heavy atom. The maximum absolute atomic E-state index is 14.4. The van der Waals surface area contributed by atoms with Crippen LogP contribution in [0, 0.1) is 5.82 Å². The number of hydrogen-bond acceptors (Lipinski definition) is 6. The molecule has 0 atom stereocenters. The molecule has 0 aromatic heterocycles. The second-order valence-electron chi connectivity index (χ2n) is 7.24. The Hall–Kier alpha value is -2.69. The van der Waals surface area contributed by atoms with Crippen LogP contribution < -0.4 is 9.47 Å². The first-order valence-corrected chi connectivity index (χ1v) is 11.6. The Morgan fingerprint density at radius 1 is 1.16 bits per heavy atom. The Kier molecular flexibility index (Phi) is 7.70. The molecule has 1 aliphatic heterocycles. The topological polar surface area (TPSA) is 85.4 Å². The fourth-order valence-electron chi connectivity index (χ4n) is 3.41. The Bertz CT molecular complexity index is 1070. The third-order valence-corrected chi connectivity index (χ3v) is 6.97. The summed E-state index contributed by atoms with van der Waals surface area (Å²) in [4.78, 5) is 13.9. The highest BCUT2D eigenvalue weighted by Gasteiger charge is 2.30. The minimum Gasteiger partial charge on any atom is -0.493 e. The van der Waals surface area contributed by atoms with Crippen LogP contribution in [0.25, 0.3) is 0 Å². The van der Waals surface area contributed by atoms with Crippen LogP contribution in [0.4, 0.5) is 4.39 Å². The van der Waals surface area contributed by atoms with Gasteiger partial charge < -0.3 is 19.1 Å². The van der Waals surface area contributed by atoms with Crippen molar-refractivity contribution in [1.82, 2.24) is 9.21 Å². The van der Waals surface area contributed by atoms with Crippen LogP contribution in [0.5, 0.6) is 11.5 Å². The van der Waals surface area contributed by atoms with Crippen molar-refractivity contribution in [1.29, 1.82) is 0 Å². The molecule has 0 spiro atoms. The molecule has 0 radical (unpaired) electrons. The quantitative estimate of drug-likeness (QED) is 0.594. The van der Waals surface area contributed by atoms with Crippen LogP contribution in [0.3, 0.4) is 0 Å². The number of rotatable bonds is 8. The first-order chi connectivity index (χ1) is 15.3. The van der Waals surface area contributed by atoms with Crippen molar-refractivity contribution in [3.63, 3.8) is 0 Å². The second-order valence-corrected chi connectivity index (χ2v) is 9.15. The van der Waals surface area contributed by atoms with Gasteiger partial charge in [0.2, 0.25) is 10.0 Å². The molecule has 0 N–H and O–H groups in total. The number of benzene rings is 2. The maximum Gasteiger partial charge on any atom is 0.253 e. The standard InChI is InChI=1S/C22H27FN2O6S/c1-4-31-19-8-5-16(13-20(19)29-3)15-24(2)22(26)17-6-7-18(23)21(14-17)32(27,28)25-9-11-30-12-10-25/h5-8,13-14H,4,9-12,15H2,1-3H3. The summed E-state index contributed by atoms with van der Waals surface area (Å²) in [5.74, 6) is -0.182. The molecule has 0 saturated carbocycles. The summed E-state index contributed by atoms with van der Waals surface area (Å²) in [5, 5.41) is 0. The SMILES string of the molecule is CCOc1ccc(CN(C)C(=O)c2ccc(F)c(S(=O)(=O)N3CCOCC3)c2)cc1OC. The van der Waals surface area contributed by atoms with Crippen LogP contribution in [0.2, 0.25) is 0 Å². The first kappa shape index (κ1) is 24.0. The molecule has 1 amide bonds. The maximum atomic E-state index is 14.4. The predicted molar refractivity (Wildman–Crippen MR) is 116 cm³/mol. The van der Waals surface area contributed by atoms with E-state index in [9.17, 15) is 17.6 Å². The predicted octanol–water partition coefficient (Wildman–Crippen LogP) is 2.53. The van der Waals surface area contributed by atoms with Crippen LogP contribution in [-0.2, 0) is 21.3 Å². The first-order valence-electron chi connectivity index (χ1n) is 10.2. The number of nitrogens with zero attached hydrogens (tertiary/aromatic N) is 2. The fourth-order valence-corrected chi connectivity index (χ4v) is 4.91. The summed E-state index contributed by atoms with van der Waals surface area (Å²) in [7, 11) is -0.954. The molecule has 1 heterocycles. The minimum absolute atomic E-state index is 0.0821. The number of ether oxygens (including phenoxy) is 3. The van der Waals surface area contributed by atoms with Crippen LogP contribution in [0.15, 0.2) is 41.3 Å². The van der Waals surface area contributed by atoms with E-state index >= 15 is 0 Å². The zero-order valence-electron chi connectivity index (χ0n) is 18.3. The van der Waals surface area contributed by atoms with Crippen molar-refractivity contribution in [3.8, 4) is 11.5 Å². The van der Waals surface area contributed by atoms with E-state index in [1.165, 1.54) is 22.4 Å².